The summed E-state index contributed by atoms with van der Waals surface area (Å²) in [4.78, 5) is 0. The van der Waals surface area contributed by atoms with E-state index in [1.807, 2.05) is 6.92 Å². The van der Waals surface area contributed by atoms with Gasteiger partial charge in [0.2, 0.25) is 0 Å². The number of aliphatic hydroxyl groups is 2. The number of aliphatic hydroxyl groups excluding tert-OH is 2. The Bertz CT molecular complexity index is 281. The second-order valence-electron chi connectivity index (χ2n) is 3.75. The fourth-order valence-electron chi connectivity index (χ4n) is 1.02. The molecule has 1 aromatic heterocycles. The van der Waals surface area contributed by atoms with Gasteiger partial charge in [0.15, 0.2) is 0 Å². The minimum atomic E-state index is -0.635. The molecule has 0 spiro atoms. The van der Waals surface area contributed by atoms with Crippen LogP contribution in [0.4, 0.5) is 0 Å². The van der Waals surface area contributed by atoms with Crippen LogP contribution in [0.5, 0.6) is 0 Å². The van der Waals surface area contributed by atoms with Crippen molar-refractivity contribution in [3.05, 3.63) is 17.5 Å². The first kappa shape index (κ1) is 11.2. The third-order valence-corrected chi connectivity index (χ3v) is 2.34. The Balaban J connectivity index is 2.52. The van der Waals surface area contributed by atoms with Crippen LogP contribution in [0.1, 0.15) is 18.2 Å². The van der Waals surface area contributed by atoms with E-state index in [2.05, 4.69) is 15.5 Å². The Morgan fingerprint density at radius 2 is 2.14 bits per heavy atom. The fraction of sp³-hybridized carbons (Fsp3) is 0.667. The monoisotopic (exact) mass is 199 g/mol. The van der Waals surface area contributed by atoms with E-state index in [9.17, 15) is 0 Å². The molecular weight excluding hydrogens is 182 g/mol. The van der Waals surface area contributed by atoms with Crippen molar-refractivity contribution < 1.29 is 10.2 Å². The van der Waals surface area contributed by atoms with Crippen LogP contribution in [0.15, 0.2) is 6.20 Å². The minimum absolute atomic E-state index is 0.0968. The van der Waals surface area contributed by atoms with Crippen LogP contribution in [0.3, 0.4) is 0 Å². The predicted molar refractivity (Wildman–Crippen MR) is 52.7 cm³/mol. The maximum atomic E-state index is 9.04. The van der Waals surface area contributed by atoms with Crippen LogP contribution in [-0.2, 0) is 6.54 Å². The molecular formula is C9H17N3O2. The summed E-state index contributed by atoms with van der Waals surface area (Å²) in [6, 6.07) is 0. The second kappa shape index (κ2) is 4.54. The first-order chi connectivity index (χ1) is 6.61. The molecule has 14 heavy (non-hydrogen) atoms. The third kappa shape index (κ3) is 2.54. The molecule has 1 rings (SSSR count). The molecule has 5 heteroatoms. The molecule has 0 saturated heterocycles. The molecule has 0 aliphatic rings. The first-order valence-electron chi connectivity index (χ1n) is 4.57. The van der Waals surface area contributed by atoms with Crippen molar-refractivity contribution in [3.8, 4) is 0 Å². The number of aromatic nitrogens is 2. The van der Waals surface area contributed by atoms with Crippen LogP contribution in [0, 0.1) is 6.92 Å². The number of nitrogens with zero attached hydrogens (tertiary/aromatic N) is 1. The van der Waals surface area contributed by atoms with Crippen LogP contribution in [0.2, 0.25) is 0 Å². The standard InChI is InChI=1S/C9H17N3O2/c1-7-8(4-11-12-7)3-10-9(2,5-13)6-14/h4,10,13-14H,3,5-6H2,1-2H3,(H,11,12). The highest BCUT2D eigenvalue weighted by Crippen LogP contribution is 2.06. The van der Waals surface area contributed by atoms with Crippen molar-refractivity contribution in [1.82, 2.24) is 15.5 Å². The van der Waals surface area contributed by atoms with Crippen LogP contribution in [-0.4, -0.2) is 39.2 Å². The van der Waals surface area contributed by atoms with Crippen LogP contribution < -0.4 is 5.32 Å². The summed E-state index contributed by atoms with van der Waals surface area (Å²) in [5.41, 5.74) is 1.40. The summed E-state index contributed by atoms with van der Waals surface area (Å²) in [6.07, 6.45) is 1.73. The zero-order chi connectivity index (χ0) is 10.6. The molecule has 0 aliphatic heterocycles. The first-order valence-corrected chi connectivity index (χ1v) is 4.57. The van der Waals surface area contributed by atoms with Crippen molar-refractivity contribution in [2.45, 2.75) is 25.9 Å². The SMILES string of the molecule is Cc1[nH]ncc1CNC(C)(CO)CO. The maximum absolute atomic E-state index is 9.04. The number of hydrogen-bond donors (Lipinski definition) is 4. The summed E-state index contributed by atoms with van der Waals surface area (Å²) < 4.78 is 0. The molecule has 0 bridgehead atoms. The molecule has 4 N–H and O–H groups in total. The molecule has 0 amide bonds. The number of hydrogen-bond acceptors (Lipinski definition) is 4. The predicted octanol–water partition coefficient (Wildman–Crippen LogP) is -0.449. The zero-order valence-corrected chi connectivity index (χ0v) is 8.54. The lowest BCUT2D eigenvalue weighted by Crippen LogP contribution is -2.48. The number of H-pyrrole nitrogens is 1. The third-order valence-electron chi connectivity index (χ3n) is 2.34. The fourth-order valence-corrected chi connectivity index (χ4v) is 1.02. The normalized spacial score (nSPS) is 12.0. The van der Waals surface area contributed by atoms with E-state index in [-0.39, 0.29) is 13.2 Å². The number of nitrogens with one attached hydrogen (secondary N) is 2. The van der Waals surface area contributed by atoms with Crippen molar-refractivity contribution in [2.24, 2.45) is 0 Å². The number of aryl methyl sites for hydroxylation is 1. The quantitative estimate of drug-likeness (QED) is 0.518. The topological polar surface area (TPSA) is 81.2 Å². The number of rotatable bonds is 5. The smallest absolute Gasteiger partial charge is 0.0633 e. The van der Waals surface area contributed by atoms with Crippen LogP contribution in [0.25, 0.3) is 0 Å². The molecule has 0 fully saturated rings. The number of aromatic amines is 1. The van der Waals surface area contributed by atoms with Gasteiger partial charge in [0.05, 0.1) is 24.9 Å². The molecule has 80 valence electrons. The Morgan fingerprint density at radius 3 is 2.57 bits per heavy atom. The van der Waals surface area contributed by atoms with Gasteiger partial charge >= 0.3 is 0 Å². The highest BCUT2D eigenvalue weighted by Gasteiger charge is 2.21. The molecule has 1 heterocycles. The van der Waals surface area contributed by atoms with E-state index in [0.717, 1.165) is 11.3 Å². The van der Waals surface area contributed by atoms with Gasteiger partial charge in [0.25, 0.3) is 0 Å². The lowest BCUT2D eigenvalue weighted by atomic mass is 10.1. The second-order valence-corrected chi connectivity index (χ2v) is 3.75. The van der Waals surface area contributed by atoms with E-state index < -0.39 is 5.54 Å². The van der Waals surface area contributed by atoms with E-state index in [1.54, 1.807) is 13.1 Å². The molecule has 0 atom stereocenters. The van der Waals surface area contributed by atoms with Crippen molar-refractivity contribution in [3.63, 3.8) is 0 Å². The van der Waals surface area contributed by atoms with Gasteiger partial charge in [0, 0.05) is 17.8 Å². The highest BCUT2D eigenvalue weighted by molar-refractivity contribution is 5.14. The minimum Gasteiger partial charge on any atom is -0.394 e. The summed E-state index contributed by atoms with van der Waals surface area (Å²) in [7, 11) is 0. The van der Waals surface area contributed by atoms with E-state index in [4.69, 9.17) is 10.2 Å². The van der Waals surface area contributed by atoms with E-state index >= 15 is 0 Å². The molecule has 0 saturated carbocycles. The summed E-state index contributed by atoms with van der Waals surface area (Å²) in [5.74, 6) is 0. The van der Waals surface area contributed by atoms with Gasteiger partial charge in [-0.2, -0.15) is 5.10 Å². The van der Waals surface area contributed by atoms with E-state index in [0.29, 0.717) is 6.54 Å². The lowest BCUT2D eigenvalue weighted by molar-refractivity contribution is 0.103. The molecule has 0 radical (unpaired) electrons. The summed E-state index contributed by atoms with van der Waals surface area (Å²) in [5, 5.41) is 27.9. The van der Waals surface area contributed by atoms with Gasteiger partial charge in [-0.3, -0.25) is 5.10 Å². The Labute approximate surface area is 83.2 Å². The molecule has 1 aromatic rings. The van der Waals surface area contributed by atoms with Gasteiger partial charge < -0.3 is 15.5 Å². The lowest BCUT2D eigenvalue weighted by Gasteiger charge is -2.26. The highest BCUT2D eigenvalue weighted by atomic mass is 16.3. The van der Waals surface area contributed by atoms with Gasteiger partial charge in [-0.1, -0.05) is 0 Å². The average Bonchev–Trinajstić information content (AvgIpc) is 2.61. The molecule has 0 unspecified atom stereocenters. The van der Waals surface area contributed by atoms with Gasteiger partial charge in [-0.25, -0.2) is 0 Å². The Hall–Kier alpha value is -0.910. The van der Waals surface area contributed by atoms with Gasteiger partial charge in [-0.05, 0) is 13.8 Å². The average molecular weight is 199 g/mol. The summed E-state index contributed by atoms with van der Waals surface area (Å²) in [6.45, 7) is 4.09. The van der Waals surface area contributed by atoms with E-state index in [1.165, 1.54) is 0 Å². The van der Waals surface area contributed by atoms with Crippen molar-refractivity contribution >= 4 is 0 Å². The van der Waals surface area contributed by atoms with Crippen LogP contribution >= 0.6 is 0 Å². The van der Waals surface area contributed by atoms with Gasteiger partial charge in [-0.15, -0.1) is 0 Å². The Morgan fingerprint density at radius 1 is 1.50 bits per heavy atom. The van der Waals surface area contributed by atoms with Crippen molar-refractivity contribution in [1.29, 1.82) is 0 Å². The molecule has 5 nitrogen and oxygen atoms in total. The summed E-state index contributed by atoms with van der Waals surface area (Å²) >= 11 is 0. The molecule has 0 aliphatic carbocycles. The van der Waals surface area contributed by atoms with Gasteiger partial charge in [0.1, 0.15) is 0 Å². The maximum Gasteiger partial charge on any atom is 0.0633 e. The Kier molecular flexibility index (Phi) is 3.62. The largest absolute Gasteiger partial charge is 0.394 e. The molecule has 0 aromatic carbocycles. The van der Waals surface area contributed by atoms with Crippen molar-refractivity contribution in [2.75, 3.05) is 13.2 Å². The zero-order valence-electron chi connectivity index (χ0n) is 8.54.